The van der Waals surface area contributed by atoms with Crippen molar-refractivity contribution in [3.05, 3.63) is 29.8 Å². The van der Waals surface area contributed by atoms with Crippen molar-refractivity contribution < 1.29 is 14.6 Å². The van der Waals surface area contributed by atoms with E-state index < -0.39 is 5.97 Å². The molecule has 0 amide bonds. The molecule has 1 rings (SSSR count). The van der Waals surface area contributed by atoms with Crippen LogP contribution in [0.15, 0.2) is 24.3 Å². The van der Waals surface area contributed by atoms with Crippen LogP contribution in [0.4, 0.5) is 0 Å². The fraction of sp³-hybridized carbons (Fsp3) is 0.500. The number of ether oxygens (including phenoxy) is 1. The van der Waals surface area contributed by atoms with E-state index >= 15 is 0 Å². The molecule has 0 aliphatic heterocycles. The van der Waals surface area contributed by atoms with Gasteiger partial charge in [-0.15, -0.1) is 0 Å². The van der Waals surface area contributed by atoms with Crippen LogP contribution in [0.3, 0.4) is 0 Å². The van der Waals surface area contributed by atoms with Crippen LogP contribution < -0.4 is 10.5 Å². The number of carboxylic acid groups (broad SMARTS) is 1. The summed E-state index contributed by atoms with van der Waals surface area (Å²) in [7, 11) is 0. The van der Waals surface area contributed by atoms with Gasteiger partial charge in [0.15, 0.2) is 0 Å². The molecule has 0 aliphatic rings. The van der Waals surface area contributed by atoms with E-state index in [2.05, 4.69) is 0 Å². The summed E-state index contributed by atoms with van der Waals surface area (Å²) in [5.74, 6) is -0.319. The molecule has 0 bridgehead atoms. The van der Waals surface area contributed by atoms with E-state index in [9.17, 15) is 4.79 Å². The first-order valence-corrected chi connectivity index (χ1v) is 6.29. The maximum atomic E-state index is 11.0. The van der Waals surface area contributed by atoms with Crippen molar-refractivity contribution in [2.75, 3.05) is 6.61 Å². The van der Waals surface area contributed by atoms with Crippen molar-refractivity contribution in [2.45, 2.75) is 38.6 Å². The first kappa shape index (κ1) is 14.5. The molecular formula is C14H21NO3. The topological polar surface area (TPSA) is 72.5 Å². The molecule has 0 radical (unpaired) electrons. The second-order valence-corrected chi connectivity index (χ2v) is 4.25. The number of nitrogens with two attached hydrogens (primary N) is 1. The Morgan fingerprint density at radius 2 is 2.06 bits per heavy atom. The Bertz CT molecular complexity index is 392. The zero-order valence-corrected chi connectivity index (χ0v) is 10.9. The SMILES string of the molecule is CCOc1ccccc1C(CC(=O)O)C(N)CC. The summed E-state index contributed by atoms with van der Waals surface area (Å²) in [6.45, 7) is 4.42. The minimum absolute atomic E-state index is 0.0269. The van der Waals surface area contributed by atoms with E-state index in [-0.39, 0.29) is 18.4 Å². The lowest BCUT2D eigenvalue weighted by Gasteiger charge is -2.24. The quantitative estimate of drug-likeness (QED) is 0.780. The monoisotopic (exact) mass is 251 g/mol. The lowest BCUT2D eigenvalue weighted by Crippen LogP contribution is -2.29. The van der Waals surface area contributed by atoms with Crippen LogP contribution >= 0.6 is 0 Å². The summed E-state index contributed by atoms with van der Waals surface area (Å²) < 4.78 is 5.55. The van der Waals surface area contributed by atoms with E-state index in [0.29, 0.717) is 6.61 Å². The van der Waals surface area contributed by atoms with Gasteiger partial charge in [-0.1, -0.05) is 25.1 Å². The highest BCUT2D eigenvalue weighted by Gasteiger charge is 2.24. The molecule has 100 valence electrons. The highest BCUT2D eigenvalue weighted by Crippen LogP contribution is 2.31. The summed E-state index contributed by atoms with van der Waals surface area (Å²) >= 11 is 0. The second kappa shape index (κ2) is 7.01. The Kier molecular flexibility index (Phi) is 5.65. The smallest absolute Gasteiger partial charge is 0.304 e. The maximum Gasteiger partial charge on any atom is 0.304 e. The summed E-state index contributed by atoms with van der Waals surface area (Å²) in [5.41, 5.74) is 6.93. The Labute approximate surface area is 108 Å². The van der Waals surface area contributed by atoms with Gasteiger partial charge < -0.3 is 15.6 Å². The standard InChI is InChI=1S/C14H21NO3/c1-3-12(15)11(9-14(16)17)10-7-5-6-8-13(10)18-4-2/h5-8,11-12H,3-4,9,15H2,1-2H3,(H,16,17). The molecule has 0 aromatic heterocycles. The number of hydrogen-bond acceptors (Lipinski definition) is 3. The van der Waals surface area contributed by atoms with E-state index in [1.165, 1.54) is 0 Å². The number of carbonyl (C=O) groups is 1. The van der Waals surface area contributed by atoms with Gasteiger partial charge in [0.25, 0.3) is 0 Å². The Hall–Kier alpha value is -1.55. The van der Waals surface area contributed by atoms with E-state index in [1.54, 1.807) is 0 Å². The largest absolute Gasteiger partial charge is 0.494 e. The van der Waals surface area contributed by atoms with Gasteiger partial charge in [0.1, 0.15) is 5.75 Å². The fourth-order valence-electron chi connectivity index (χ4n) is 2.04. The van der Waals surface area contributed by atoms with Gasteiger partial charge in [-0.2, -0.15) is 0 Å². The molecule has 0 heterocycles. The summed E-state index contributed by atoms with van der Waals surface area (Å²) in [6.07, 6.45) is 0.761. The maximum absolute atomic E-state index is 11.0. The number of benzene rings is 1. The molecule has 4 nitrogen and oxygen atoms in total. The van der Waals surface area contributed by atoms with Gasteiger partial charge >= 0.3 is 5.97 Å². The van der Waals surface area contributed by atoms with Gasteiger partial charge in [0.2, 0.25) is 0 Å². The Morgan fingerprint density at radius 1 is 1.39 bits per heavy atom. The molecule has 0 saturated carbocycles. The molecule has 1 aromatic carbocycles. The Balaban J connectivity index is 3.07. The average molecular weight is 251 g/mol. The zero-order valence-electron chi connectivity index (χ0n) is 10.9. The highest BCUT2D eigenvalue weighted by molar-refractivity contribution is 5.68. The molecule has 0 saturated heterocycles. The van der Waals surface area contributed by atoms with Crippen LogP contribution in [0.2, 0.25) is 0 Å². The summed E-state index contributed by atoms with van der Waals surface area (Å²) in [6, 6.07) is 7.34. The fourth-order valence-corrected chi connectivity index (χ4v) is 2.04. The molecule has 2 unspecified atom stereocenters. The third-order valence-electron chi connectivity index (χ3n) is 3.00. The van der Waals surface area contributed by atoms with Crippen LogP contribution in [0.5, 0.6) is 5.75 Å². The van der Waals surface area contributed by atoms with Crippen LogP contribution in [0.1, 0.15) is 38.2 Å². The molecule has 4 heteroatoms. The van der Waals surface area contributed by atoms with Gasteiger partial charge in [-0.3, -0.25) is 4.79 Å². The summed E-state index contributed by atoms with van der Waals surface area (Å²) in [5, 5.41) is 9.01. The first-order chi connectivity index (χ1) is 8.60. The van der Waals surface area contributed by atoms with Crippen LogP contribution in [-0.2, 0) is 4.79 Å². The predicted molar refractivity (Wildman–Crippen MR) is 70.9 cm³/mol. The number of aliphatic carboxylic acids is 1. The van der Waals surface area contributed by atoms with E-state index in [1.807, 2.05) is 38.1 Å². The van der Waals surface area contributed by atoms with Crippen LogP contribution in [0, 0.1) is 0 Å². The normalized spacial score (nSPS) is 13.9. The van der Waals surface area contributed by atoms with Crippen LogP contribution in [0.25, 0.3) is 0 Å². The van der Waals surface area contributed by atoms with E-state index in [4.69, 9.17) is 15.6 Å². The number of hydrogen-bond donors (Lipinski definition) is 2. The zero-order chi connectivity index (χ0) is 13.5. The third-order valence-corrected chi connectivity index (χ3v) is 3.00. The Morgan fingerprint density at radius 3 is 2.61 bits per heavy atom. The highest BCUT2D eigenvalue weighted by atomic mass is 16.5. The number of para-hydroxylation sites is 1. The molecule has 2 atom stereocenters. The third kappa shape index (κ3) is 3.74. The van der Waals surface area contributed by atoms with Gasteiger partial charge in [0, 0.05) is 12.0 Å². The molecule has 0 aliphatic carbocycles. The first-order valence-electron chi connectivity index (χ1n) is 6.29. The van der Waals surface area contributed by atoms with Crippen molar-refractivity contribution >= 4 is 5.97 Å². The van der Waals surface area contributed by atoms with Gasteiger partial charge in [-0.05, 0) is 25.0 Å². The molecule has 1 aromatic rings. The lowest BCUT2D eigenvalue weighted by atomic mass is 9.87. The number of carboxylic acids is 1. The van der Waals surface area contributed by atoms with Gasteiger partial charge in [-0.25, -0.2) is 0 Å². The predicted octanol–water partition coefficient (Wildman–Crippen LogP) is 2.38. The van der Waals surface area contributed by atoms with Crippen molar-refractivity contribution in [1.82, 2.24) is 0 Å². The molecule has 0 fully saturated rings. The molecule has 18 heavy (non-hydrogen) atoms. The molecular weight excluding hydrogens is 230 g/mol. The van der Waals surface area contributed by atoms with Crippen LogP contribution in [-0.4, -0.2) is 23.7 Å². The van der Waals surface area contributed by atoms with Crippen molar-refractivity contribution in [3.8, 4) is 5.75 Å². The average Bonchev–Trinajstić information content (AvgIpc) is 2.36. The van der Waals surface area contributed by atoms with Gasteiger partial charge in [0.05, 0.1) is 13.0 Å². The second-order valence-electron chi connectivity index (χ2n) is 4.25. The van der Waals surface area contributed by atoms with Crippen molar-refractivity contribution in [2.24, 2.45) is 5.73 Å². The molecule has 0 spiro atoms. The van der Waals surface area contributed by atoms with Crippen molar-refractivity contribution in [1.29, 1.82) is 0 Å². The summed E-state index contributed by atoms with van der Waals surface area (Å²) in [4.78, 5) is 11.0. The van der Waals surface area contributed by atoms with Crippen molar-refractivity contribution in [3.63, 3.8) is 0 Å². The minimum atomic E-state index is -0.838. The minimum Gasteiger partial charge on any atom is -0.494 e. The number of rotatable bonds is 7. The lowest BCUT2D eigenvalue weighted by molar-refractivity contribution is -0.137. The molecule has 3 N–H and O–H groups in total. The van der Waals surface area contributed by atoms with E-state index in [0.717, 1.165) is 17.7 Å².